The first-order chi connectivity index (χ1) is 8.33. The molecule has 1 rings (SSSR count). The third-order valence-corrected chi connectivity index (χ3v) is 3.77. The minimum absolute atomic E-state index is 0.0482. The Kier molecular flexibility index (Phi) is 8.72. The van der Waals surface area contributed by atoms with Gasteiger partial charge in [-0.05, 0) is 19.8 Å². The van der Waals surface area contributed by atoms with E-state index in [4.69, 9.17) is 9.47 Å². The first kappa shape index (κ1) is 15.0. The second kappa shape index (κ2) is 9.90. The van der Waals surface area contributed by atoms with Gasteiger partial charge in [-0.1, -0.05) is 57.8 Å². The van der Waals surface area contributed by atoms with Crippen molar-refractivity contribution in [3.8, 4) is 0 Å². The number of ether oxygens (including phenoxy) is 2. The van der Waals surface area contributed by atoms with Crippen LogP contribution in [0.4, 0.5) is 0 Å². The molecule has 0 aromatic rings. The molecule has 0 saturated heterocycles. The van der Waals surface area contributed by atoms with Crippen molar-refractivity contribution < 1.29 is 9.47 Å². The van der Waals surface area contributed by atoms with E-state index in [1.165, 1.54) is 70.6 Å². The zero-order valence-electron chi connectivity index (χ0n) is 11.7. The number of hydrogen-bond acceptors (Lipinski definition) is 2. The SMILES string of the molecule is COC(C)OC1CCCCCCCCCCC1. The molecule has 1 atom stereocenters. The van der Waals surface area contributed by atoms with Crippen molar-refractivity contribution >= 4 is 0 Å². The second-order valence-corrected chi connectivity index (χ2v) is 5.32. The van der Waals surface area contributed by atoms with Crippen molar-refractivity contribution in [1.29, 1.82) is 0 Å². The van der Waals surface area contributed by atoms with E-state index in [1.807, 2.05) is 6.92 Å². The lowest BCUT2D eigenvalue weighted by Gasteiger charge is -2.22. The van der Waals surface area contributed by atoms with Gasteiger partial charge in [0.2, 0.25) is 0 Å². The molecule has 17 heavy (non-hydrogen) atoms. The summed E-state index contributed by atoms with van der Waals surface area (Å²) in [7, 11) is 1.72. The highest BCUT2D eigenvalue weighted by Crippen LogP contribution is 2.19. The van der Waals surface area contributed by atoms with Gasteiger partial charge >= 0.3 is 0 Å². The van der Waals surface area contributed by atoms with Crippen molar-refractivity contribution in [2.75, 3.05) is 7.11 Å². The summed E-state index contributed by atoms with van der Waals surface area (Å²) >= 11 is 0. The monoisotopic (exact) mass is 242 g/mol. The van der Waals surface area contributed by atoms with E-state index in [1.54, 1.807) is 7.11 Å². The second-order valence-electron chi connectivity index (χ2n) is 5.32. The summed E-state index contributed by atoms with van der Waals surface area (Å²) < 4.78 is 11.1. The Labute approximate surface area is 107 Å². The highest BCUT2D eigenvalue weighted by Gasteiger charge is 2.13. The third-order valence-electron chi connectivity index (χ3n) is 3.77. The Morgan fingerprint density at radius 2 is 1.18 bits per heavy atom. The van der Waals surface area contributed by atoms with Gasteiger partial charge in [0, 0.05) is 7.11 Å². The van der Waals surface area contributed by atoms with Crippen molar-refractivity contribution in [2.45, 2.75) is 89.9 Å². The van der Waals surface area contributed by atoms with Crippen molar-refractivity contribution in [3.63, 3.8) is 0 Å². The van der Waals surface area contributed by atoms with Crippen LogP contribution in [0.5, 0.6) is 0 Å². The molecule has 0 aromatic heterocycles. The van der Waals surface area contributed by atoms with Gasteiger partial charge < -0.3 is 9.47 Å². The molecule has 102 valence electrons. The average Bonchev–Trinajstić information content (AvgIpc) is 2.32. The highest BCUT2D eigenvalue weighted by atomic mass is 16.7. The molecule has 0 radical (unpaired) electrons. The van der Waals surface area contributed by atoms with Crippen LogP contribution in [0.2, 0.25) is 0 Å². The fourth-order valence-corrected chi connectivity index (χ4v) is 2.59. The third kappa shape index (κ3) is 7.77. The fraction of sp³-hybridized carbons (Fsp3) is 1.00. The Morgan fingerprint density at radius 1 is 0.765 bits per heavy atom. The molecule has 2 nitrogen and oxygen atoms in total. The quantitative estimate of drug-likeness (QED) is 0.670. The van der Waals surface area contributed by atoms with E-state index in [2.05, 4.69) is 0 Å². The maximum Gasteiger partial charge on any atom is 0.154 e. The highest BCUT2D eigenvalue weighted by molar-refractivity contribution is 4.61. The van der Waals surface area contributed by atoms with Crippen LogP contribution in [0.3, 0.4) is 0 Å². The average molecular weight is 242 g/mol. The lowest BCUT2D eigenvalue weighted by Crippen LogP contribution is -2.21. The maximum absolute atomic E-state index is 5.92. The molecular formula is C15H30O2. The van der Waals surface area contributed by atoms with Gasteiger partial charge in [0.25, 0.3) is 0 Å². The zero-order chi connectivity index (χ0) is 12.3. The van der Waals surface area contributed by atoms with Crippen LogP contribution in [0, 0.1) is 0 Å². The maximum atomic E-state index is 5.92. The summed E-state index contributed by atoms with van der Waals surface area (Å²) in [5.41, 5.74) is 0. The molecule has 1 fully saturated rings. The Morgan fingerprint density at radius 3 is 1.59 bits per heavy atom. The molecule has 2 heteroatoms. The normalized spacial score (nSPS) is 23.6. The minimum atomic E-state index is -0.0482. The molecule has 0 amide bonds. The van der Waals surface area contributed by atoms with Gasteiger partial charge in [0.15, 0.2) is 6.29 Å². The molecule has 1 aliphatic rings. The number of hydrogen-bond donors (Lipinski definition) is 0. The minimum Gasteiger partial charge on any atom is -0.356 e. The summed E-state index contributed by atoms with van der Waals surface area (Å²) in [6.07, 6.45) is 15.3. The lowest BCUT2D eigenvalue weighted by molar-refractivity contribution is -0.148. The van der Waals surface area contributed by atoms with Crippen LogP contribution >= 0.6 is 0 Å². The van der Waals surface area contributed by atoms with E-state index in [0.29, 0.717) is 6.10 Å². The summed E-state index contributed by atoms with van der Waals surface area (Å²) in [5, 5.41) is 0. The van der Waals surface area contributed by atoms with E-state index < -0.39 is 0 Å². The summed E-state index contributed by atoms with van der Waals surface area (Å²) in [5.74, 6) is 0. The molecule has 1 saturated carbocycles. The van der Waals surface area contributed by atoms with Gasteiger partial charge in [-0.2, -0.15) is 0 Å². The fourth-order valence-electron chi connectivity index (χ4n) is 2.59. The van der Waals surface area contributed by atoms with Gasteiger partial charge in [0.05, 0.1) is 6.10 Å². The van der Waals surface area contributed by atoms with Crippen molar-refractivity contribution in [1.82, 2.24) is 0 Å². The topological polar surface area (TPSA) is 18.5 Å². The van der Waals surface area contributed by atoms with E-state index in [9.17, 15) is 0 Å². The van der Waals surface area contributed by atoms with E-state index >= 15 is 0 Å². The molecule has 0 bridgehead atoms. The molecule has 0 N–H and O–H groups in total. The summed E-state index contributed by atoms with van der Waals surface area (Å²) in [6.45, 7) is 2.00. The van der Waals surface area contributed by atoms with Crippen LogP contribution in [-0.4, -0.2) is 19.5 Å². The van der Waals surface area contributed by atoms with Crippen molar-refractivity contribution in [2.24, 2.45) is 0 Å². The van der Waals surface area contributed by atoms with Crippen LogP contribution in [-0.2, 0) is 9.47 Å². The predicted molar refractivity (Wildman–Crippen MR) is 72.1 cm³/mol. The Hall–Kier alpha value is -0.0800. The summed E-state index contributed by atoms with van der Waals surface area (Å²) in [4.78, 5) is 0. The molecule has 1 unspecified atom stereocenters. The first-order valence-corrected chi connectivity index (χ1v) is 7.51. The van der Waals surface area contributed by atoms with E-state index in [0.717, 1.165) is 0 Å². The largest absolute Gasteiger partial charge is 0.356 e. The molecular weight excluding hydrogens is 212 g/mol. The zero-order valence-corrected chi connectivity index (χ0v) is 11.7. The first-order valence-electron chi connectivity index (χ1n) is 7.51. The Bertz CT molecular complexity index is 158. The van der Waals surface area contributed by atoms with E-state index in [-0.39, 0.29) is 6.29 Å². The number of rotatable bonds is 3. The summed E-state index contributed by atoms with van der Waals surface area (Å²) in [6, 6.07) is 0. The lowest BCUT2D eigenvalue weighted by atomic mass is 9.99. The van der Waals surface area contributed by atoms with Gasteiger partial charge in [-0.3, -0.25) is 0 Å². The molecule has 0 aromatic carbocycles. The molecule has 0 spiro atoms. The predicted octanol–water partition coefficient (Wildman–Crippen LogP) is 4.67. The number of methoxy groups -OCH3 is 1. The van der Waals surface area contributed by atoms with Crippen LogP contribution in [0.25, 0.3) is 0 Å². The van der Waals surface area contributed by atoms with Gasteiger partial charge in [0.1, 0.15) is 0 Å². The van der Waals surface area contributed by atoms with Gasteiger partial charge in [-0.15, -0.1) is 0 Å². The van der Waals surface area contributed by atoms with Crippen molar-refractivity contribution in [3.05, 3.63) is 0 Å². The smallest absolute Gasteiger partial charge is 0.154 e. The Balaban J connectivity index is 2.26. The van der Waals surface area contributed by atoms with Crippen LogP contribution < -0.4 is 0 Å². The molecule has 0 aliphatic heterocycles. The molecule has 0 heterocycles. The molecule has 1 aliphatic carbocycles. The van der Waals surface area contributed by atoms with Crippen LogP contribution in [0.15, 0.2) is 0 Å². The standard InChI is InChI=1S/C15H30O2/c1-14(16-2)17-15-12-10-8-6-4-3-5-7-9-11-13-15/h14-15H,3-13H2,1-2H3. The van der Waals surface area contributed by atoms with Crippen LogP contribution in [0.1, 0.15) is 77.6 Å². The van der Waals surface area contributed by atoms with Gasteiger partial charge in [-0.25, -0.2) is 0 Å².